The number of methoxy groups -OCH3 is 2. The molecule has 1 aromatic rings. The maximum absolute atomic E-state index is 11.9. The molecule has 0 aliphatic carbocycles. The number of rotatable bonds is 5. The van der Waals surface area contributed by atoms with Crippen molar-refractivity contribution in [1.82, 2.24) is 0 Å². The Bertz CT molecular complexity index is 519. The number of sulfone groups is 1. The highest BCUT2D eigenvalue weighted by atomic mass is 32.2. The van der Waals surface area contributed by atoms with Crippen LogP contribution in [0.1, 0.15) is 6.92 Å². The molecule has 0 radical (unpaired) electrons. The maximum Gasteiger partial charge on any atom is 0.189 e. The molecule has 6 heteroatoms. The Labute approximate surface area is 100 Å². The molecule has 0 saturated heterocycles. The Balaban J connectivity index is 3.26. The highest BCUT2D eigenvalue weighted by Gasteiger charge is 2.21. The van der Waals surface area contributed by atoms with Gasteiger partial charge >= 0.3 is 0 Å². The molecule has 1 aromatic carbocycles. The van der Waals surface area contributed by atoms with Crippen LogP contribution in [-0.4, -0.2) is 34.2 Å². The molecule has 17 heavy (non-hydrogen) atoms. The molecule has 0 aliphatic rings. The highest BCUT2D eigenvalue weighted by Crippen LogP contribution is 2.29. The van der Waals surface area contributed by atoms with Crippen LogP contribution in [0.15, 0.2) is 23.1 Å². The molecule has 5 nitrogen and oxygen atoms in total. The summed E-state index contributed by atoms with van der Waals surface area (Å²) in [5, 5.41) is 0. The SMILES string of the molecule is COc1ccc(S(=O)(=O)CC(C)=O)c(OC)c1. The molecular weight excluding hydrogens is 244 g/mol. The Morgan fingerprint density at radius 2 is 1.88 bits per heavy atom. The van der Waals surface area contributed by atoms with Crippen LogP contribution in [0, 0.1) is 0 Å². The van der Waals surface area contributed by atoms with Crippen LogP contribution in [0.4, 0.5) is 0 Å². The van der Waals surface area contributed by atoms with Crippen LogP contribution in [-0.2, 0) is 14.6 Å². The van der Waals surface area contributed by atoms with Gasteiger partial charge in [0.1, 0.15) is 27.9 Å². The molecule has 0 N–H and O–H groups in total. The third kappa shape index (κ3) is 3.20. The van der Waals surface area contributed by atoms with Gasteiger partial charge in [-0.15, -0.1) is 0 Å². The first kappa shape index (κ1) is 13.5. The number of hydrogen-bond donors (Lipinski definition) is 0. The van der Waals surface area contributed by atoms with E-state index in [1.165, 1.54) is 39.3 Å². The summed E-state index contributed by atoms with van der Waals surface area (Å²) < 4.78 is 33.7. The Morgan fingerprint density at radius 3 is 2.35 bits per heavy atom. The van der Waals surface area contributed by atoms with Gasteiger partial charge in [-0.05, 0) is 19.1 Å². The smallest absolute Gasteiger partial charge is 0.189 e. The van der Waals surface area contributed by atoms with Crippen LogP contribution in [0.5, 0.6) is 11.5 Å². The minimum Gasteiger partial charge on any atom is -0.497 e. The first-order valence-corrected chi connectivity index (χ1v) is 6.50. The van der Waals surface area contributed by atoms with Gasteiger partial charge in [-0.25, -0.2) is 8.42 Å². The first-order valence-electron chi connectivity index (χ1n) is 4.85. The third-order valence-corrected chi connectivity index (χ3v) is 3.89. The monoisotopic (exact) mass is 258 g/mol. The van der Waals surface area contributed by atoms with Crippen molar-refractivity contribution in [3.05, 3.63) is 18.2 Å². The Kier molecular flexibility index (Phi) is 4.11. The van der Waals surface area contributed by atoms with E-state index in [0.717, 1.165) is 0 Å². The number of carbonyl (C=O) groups is 1. The van der Waals surface area contributed by atoms with Crippen molar-refractivity contribution in [3.8, 4) is 11.5 Å². The molecular formula is C11H14O5S. The molecule has 0 unspecified atom stereocenters. The van der Waals surface area contributed by atoms with Crippen LogP contribution in [0.25, 0.3) is 0 Å². The van der Waals surface area contributed by atoms with Gasteiger partial charge < -0.3 is 9.47 Å². The van der Waals surface area contributed by atoms with Gasteiger partial charge in [-0.2, -0.15) is 0 Å². The van der Waals surface area contributed by atoms with E-state index in [1.54, 1.807) is 0 Å². The zero-order valence-electron chi connectivity index (χ0n) is 9.89. The lowest BCUT2D eigenvalue weighted by atomic mass is 10.3. The topological polar surface area (TPSA) is 69.7 Å². The molecule has 0 fully saturated rings. The summed E-state index contributed by atoms with van der Waals surface area (Å²) in [6.07, 6.45) is 0. The number of Topliss-reactive ketones (excluding diaryl/α,β-unsaturated/α-hetero) is 1. The Morgan fingerprint density at radius 1 is 1.24 bits per heavy atom. The molecule has 0 bridgehead atoms. The quantitative estimate of drug-likeness (QED) is 0.790. The fourth-order valence-electron chi connectivity index (χ4n) is 1.38. The van der Waals surface area contributed by atoms with Crippen molar-refractivity contribution < 1.29 is 22.7 Å². The lowest BCUT2D eigenvalue weighted by Gasteiger charge is -2.10. The van der Waals surface area contributed by atoms with Gasteiger partial charge in [-0.3, -0.25) is 4.79 Å². The molecule has 0 heterocycles. The zero-order valence-corrected chi connectivity index (χ0v) is 10.7. The summed E-state index contributed by atoms with van der Waals surface area (Å²) in [4.78, 5) is 10.9. The number of ketones is 1. The Hall–Kier alpha value is -1.56. The van der Waals surface area contributed by atoms with E-state index >= 15 is 0 Å². The van der Waals surface area contributed by atoms with E-state index in [4.69, 9.17) is 9.47 Å². The second-order valence-electron chi connectivity index (χ2n) is 3.48. The van der Waals surface area contributed by atoms with E-state index in [0.29, 0.717) is 5.75 Å². The molecule has 0 saturated carbocycles. The van der Waals surface area contributed by atoms with E-state index in [2.05, 4.69) is 0 Å². The third-order valence-electron chi connectivity index (χ3n) is 2.10. The van der Waals surface area contributed by atoms with Gasteiger partial charge in [0.15, 0.2) is 9.84 Å². The lowest BCUT2D eigenvalue weighted by molar-refractivity contribution is -0.114. The fraction of sp³-hybridized carbons (Fsp3) is 0.364. The van der Waals surface area contributed by atoms with Crippen molar-refractivity contribution in [3.63, 3.8) is 0 Å². The second-order valence-corrected chi connectivity index (χ2v) is 5.44. The molecule has 0 atom stereocenters. The zero-order chi connectivity index (χ0) is 13.1. The van der Waals surface area contributed by atoms with Gasteiger partial charge in [0, 0.05) is 6.07 Å². The largest absolute Gasteiger partial charge is 0.497 e. The van der Waals surface area contributed by atoms with Gasteiger partial charge in [0.2, 0.25) is 0 Å². The fourth-order valence-corrected chi connectivity index (χ4v) is 2.79. The summed E-state index contributed by atoms with van der Waals surface area (Å²) in [6.45, 7) is 1.23. The van der Waals surface area contributed by atoms with E-state index in [9.17, 15) is 13.2 Å². The lowest BCUT2D eigenvalue weighted by Crippen LogP contribution is -2.14. The average molecular weight is 258 g/mol. The summed E-state index contributed by atoms with van der Waals surface area (Å²) >= 11 is 0. The number of benzene rings is 1. The van der Waals surface area contributed by atoms with Gasteiger partial charge in [0.05, 0.1) is 14.2 Å². The van der Waals surface area contributed by atoms with Crippen LogP contribution in [0.2, 0.25) is 0 Å². The molecule has 0 aromatic heterocycles. The van der Waals surface area contributed by atoms with Crippen LogP contribution < -0.4 is 9.47 Å². The van der Waals surface area contributed by atoms with Crippen molar-refractivity contribution in [1.29, 1.82) is 0 Å². The predicted octanol–water partition coefficient (Wildman–Crippen LogP) is 1.07. The first-order chi connectivity index (χ1) is 7.90. The molecule has 1 rings (SSSR count). The normalized spacial score (nSPS) is 11.0. The summed E-state index contributed by atoms with van der Waals surface area (Å²) in [5.74, 6) is -0.285. The molecule has 0 aliphatic heterocycles. The second kappa shape index (κ2) is 5.18. The molecule has 0 spiro atoms. The van der Waals surface area contributed by atoms with Gasteiger partial charge in [0.25, 0.3) is 0 Å². The maximum atomic E-state index is 11.9. The van der Waals surface area contributed by atoms with Crippen molar-refractivity contribution in [2.24, 2.45) is 0 Å². The van der Waals surface area contributed by atoms with E-state index < -0.39 is 21.4 Å². The van der Waals surface area contributed by atoms with E-state index in [1.807, 2.05) is 0 Å². The molecule has 0 amide bonds. The molecule has 94 valence electrons. The van der Waals surface area contributed by atoms with Gasteiger partial charge in [-0.1, -0.05) is 0 Å². The predicted molar refractivity (Wildman–Crippen MR) is 62.3 cm³/mol. The van der Waals surface area contributed by atoms with Crippen molar-refractivity contribution in [2.45, 2.75) is 11.8 Å². The average Bonchev–Trinajstić information content (AvgIpc) is 2.26. The van der Waals surface area contributed by atoms with Crippen LogP contribution in [0.3, 0.4) is 0 Å². The minimum atomic E-state index is -3.66. The number of ether oxygens (including phenoxy) is 2. The standard InChI is InChI=1S/C11H14O5S/c1-8(12)7-17(13,14)11-5-4-9(15-2)6-10(11)16-3/h4-6H,7H2,1-3H3. The highest BCUT2D eigenvalue weighted by molar-refractivity contribution is 7.92. The van der Waals surface area contributed by atoms with Crippen LogP contribution >= 0.6 is 0 Å². The summed E-state index contributed by atoms with van der Waals surface area (Å²) in [5.41, 5.74) is 0. The number of carbonyl (C=O) groups excluding carboxylic acids is 1. The number of hydrogen-bond acceptors (Lipinski definition) is 5. The summed E-state index contributed by atoms with van der Waals surface area (Å²) in [7, 11) is -0.824. The summed E-state index contributed by atoms with van der Waals surface area (Å²) in [6, 6.07) is 4.35. The van der Waals surface area contributed by atoms with Crippen molar-refractivity contribution in [2.75, 3.05) is 20.0 Å². The minimum absolute atomic E-state index is 0.00370. The van der Waals surface area contributed by atoms with Crippen molar-refractivity contribution >= 4 is 15.6 Å². The van der Waals surface area contributed by atoms with E-state index in [-0.39, 0.29) is 10.6 Å².